The summed E-state index contributed by atoms with van der Waals surface area (Å²) in [5, 5.41) is 0.673. The largest absolute Gasteiger partial charge is 0.305 e. The van der Waals surface area contributed by atoms with E-state index in [0.29, 0.717) is 5.02 Å². The lowest BCUT2D eigenvalue weighted by atomic mass is 10.1. The molecule has 0 unspecified atom stereocenters. The van der Waals surface area contributed by atoms with Crippen molar-refractivity contribution in [3.63, 3.8) is 0 Å². The molecule has 0 spiro atoms. The maximum Gasteiger partial charge on any atom is 0.155 e. The van der Waals surface area contributed by atoms with E-state index in [4.69, 9.17) is 11.6 Å². The van der Waals surface area contributed by atoms with Crippen molar-refractivity contribution in [2.75, 3.05) is 0 Å². The molecule has 3 heteroatoms. The fourth-order valence-electron chi connectivity index (χ4n) is 1.78. The Morgan fingerprint density at radius 1 is 1.06 bits per heavy atom. The molecule has 0 aliphatic carbocycles. The zero-order valence-corrected chi connectivity index (χ0v) is 9.22. The van der Waals surface area contributed by atoms with Crippen molar-refractivity contribution in [2.45, 2.75) is 0 Å². The normalized spacial score (nSPS) is 10.8. The third-order valence-corrected chi connectivity index (χ3v) is 2.83. The maximum atomic E-state index is 6.17. The van der Waals surface area contributed by atoms with Crippen molar-refractivity contribution in [1.29, 1.82) is 0 Å². The first-order chi connectivity index (χ1) is 7.84. The number of halogens is 1. The molecule has 0 N–H and O–H groups in total. The second-order valence-corrected chi connectivity index (χ2v) is 4.01. The highest BCUT2D eigenvalue weighted by atomic mass is 35.5. The third-order valence-electron chi connectivity index (χ3n) is 2.55. The highest BCUT2D eigenvalue weighted by Crippen LogP contribution is 2.25. The molecule has 0 radical (unpaired) electrons. The van der Waals surface area contributed by atoms with Crippen LogP contribution in [0.15, 0.2) is 55.0 Å². The first-order valence-corrected chi connectivity index (χ1v) is 5.40. The number of hydrogen-bond acceptors (Lipinski definition) is 1. The average Bonchev–Trinajstić information content (AvgIpc) is 2.79. The molecule has 16 heavy (non-hydrogen) atoms. The van der Waals surface area contributed by atoms with E-state index in [2.05, 4.69) is 17.1 Å². The van der Waals surface area contributed by atoms with E-state index in [1.165, 1.54) is 0 Å². The van der Waals surface area contributed by atoms with Gasteiger partial charge in [-0.3, -0.25) is 0 Å². The topological polar surface area (TPSA) is 17.3 Å². The molecule has 0 amide bonds. The number of aromatic nitrogens is 2. The summed E-state index contributed by atoms with van der Waals surface area (Å²) in [6.45, 7) is 0. The van der Waals surface area contributed by atoms with E-state index in [-0.39, 0.29) is 0 Å². The van der Waals surface area contributed by atoms with Crippen LogP contribution in [0.25, 0.3) is 16.8 Å². The molecule has 1 aromatic carbocycles. The highest BCUT2D eigenvalue weighted by molar-refractivity contribution is 6.33. The van der Waals surface area contributed by atoms with Crippen molar-refractivity contribution in [3.05, 3.63) is 60.0 Å². The van der Waals surface area contributed by atoms with Crippen LogP contribution in [0.3, 0.4) is 0 Å². The minimum atomic E-state index is 0.673. The zero-order valence-electron chi connectivity index (χ0n) is 8.47. The quantitative estimate of drug-likeness (QED) is 0.621. The first-order valence-electron chi connectivity index (χ1n) is 5.02. The lowest BCUT2D eigenvalue weighted by molar-refractivity contribution is 1.19. The van der Waals surface area contributed by atoms with Crippen molar-refractivity contribution in [1.82, 2.24) is 9.38 Å². The van der Waals surface area contributed by atoms with Crippen LogP contribution in [0.1, 0.15) is 0 Å². The van der Waals surface area contributed by atoms with Crippen LogP contribution in [0.2, 0.25) is 5.02 Å². The van der Waals surface area contributed by atoms with Gasteiger partial charge in [-0.05, 0) is 17.2 Å². The highest BCUT2D eigenvalue weighted by Gasteiger charge is 2.04. The molecule has 3 aromatic rings. The van der Waals surface area contributed by atoms with Gasteiger partial charge in [0, 0.05) is 18.6 Å². The maximum absolute atomic E-state index is 6.17. The zero-order chi connectivity index (χ0) is 11.0. The van der Waals surface area contributed by atoms with E-state index < -0.39 is 0 Å². The minimum absolute atomic E-state index is 0.673. The number of nitrogens with zero attached hydrogens (tertiary/aromatic N) is 2. The van der Waals surface area contributed by atoms with Crippen LogP contribution in [0, 0.1) is 0 Å². The lowest BCUT2D eigenvalue weighted by Gasteiger charge is -2.04. The summed E-state index contributed by atoms with van der Waals surface area (Å²) < 4.78 is 1.94. The Balaban J connectivity index is 2.25. The Hall–Kier alpha value is -1.80. The molecular weight excluding hydrogens is 220 g/mol. The van der Waals surface area contributed by atoms with Gasteiger partial charge >= 0.3 is 0 Å². The minimum Gasteiger partial charge on any atom is -0.305 e. The van der Waals surface area contributed by atoms with Crippen LogP contribution < -0.4 is 0 Å². The van der Waals surface area contributed by atoms with Gasteiger partial charge in [0.2, 0.25) is 0 Å². The summed E-state index contributed by atoms with van der Waals surface area (Å²) in [4.78, 5) is 4.18. The molecule has 0 aliphatic heterocycles. The molecule has 2 aromatic heterocycles. The SMILES string of the molecule is Clc1cc(-c2ccccc2)cn2ccnc12. The fraction of sp³-hybridized carbons (Fsp3) is 0. The second kappa shape index (κ2) is 3.65. The van der Waals surface area contributed by atoms with Gasteiger partial charge in [-0.15, -0.1) is 0 Å². The van der Waals surface area contributed by atoms with Crippen LogP contribution >= 0.6 is 11.6 Å². The molecule has 0 saturated heterocycles. The van der Waals surface area contributed by atoms with Crippen molar-refractivity contribution in [2.24, 2.45) is 0 Å². The summed E-state index contributed by atoms with van der Waals surface area (Å²) in [5.41, 5.74) is 3.04. The number of benzene rings is 1. The Morgan fingerprint density at radius 3 is 2.69 bits per heavy atom. The Labute approximate surface area is 98.1 Å². The molecular formula is C13H9ClN2. The second-order valence-electron chi connectivity index (χ2n) is 3.60. The Morgan fingerprint density at radius 2 is 1.88 bits per heavy atom. The summed E-state index contributed by atoms with van der Waals surface area (Å²) in [6, 6.07) is 12.1. The van der Waals surface area contributed by atoms with Crippen LogP contribution in [0.4, 0.5) is 0 Å². The van der Waals surface area contributed by atoms with Gasteiger partial charge in [0.25, 0.3) is 0 Å². The number of fused-ring (bicyclic) bond motifs is 1. The fourth-order valence-corrected chi connectivity index (χ4v) is 2.04. The summed E-state index contributed by atoms with van der Waals surface area (Å²) in [7, 11) is 0. The van der Waals surface area contributed by atoms with E-state index >= 15 is 0 Å². The molecule has 0 aliphatic rings. The summed E-state index contributed by atoms with van der Waals surface area (Å²) >= 11 is 6.17. The number of pyridine rings is 1. The molecule has 2 heterocycles. The monoisotopic (exact) mass is 228 g/mol. The molecule has 0 bridgehead atoms. The first kappa shape index (κ1) is 9.43. The Kier molecular flexibility index (Phi) is 2.15. The molecule has 2 nitrogen and oxygen atoms in total. The standard InChI is InChI=1S/C13H9ClN2/c14-12-8-11(10-4-2-1-3-5-10)9-16-7-6-15-13(12)16/h1-9H. The smallest absolute Gasteiger partial charge is 0.155 e. The molecule has 0 fully saturated rings. The summed E-state index contributed by atoms with van der Waals surface area (Å²) in [5.74, 6) is 0. The van der Waals surface area contributed by atoms with Crippen molar-refractivity contribution < 1.29 is 0 Å². The molecule has 78 valence electrons. The number of hydrogen-bond donors (Lipinski definition) is 0. The van der Waals surface area contributed by atoms with Crippen LogP contribution in [-0.4, -0.2) is 9.38 Å². The van der Waals surface area contributed by atoms with E-state index in [1.807, 2.05) is 41.1 Å². The summed E-state index contributed by atoms with van der Waals surface area (Å²) in [6.07, 6.45) is 5.67. The third kappa shape index (κ3) is 1.48. The average molecular weight is 229 g/mol. The van der Waals surface area contributed by atoms with Crippen molar-refractivity contribution in [3.8, 4) is 11.1 Å². The molecule has 3 rings (SSSR count). The van der Waals surface area contributed by atoms with Gasteiger partial charge in [0.05, 0.1) is 5.02 Å². The Bertz CT molecular complexity index is 629. The van der Waals surface area contributed by atoms with Crippen LogP contribution in [0.5, 0.6) is 0 Å². The van der Waals surface area contributed by atoms with Crippen molar-refractivity contribution >= 4 is 17.2 Å². The van der Waals surface area contributed by atoms with E-state index in [0.717, 1.165) is 16.8 Å². The van der Waals surface area contributed by atoms with Gasteiger partial charge < -0.3 is 4.40 Å². The van der Waals surface area contributed by atoms with Crippen LogP contribution in [-0.2, 0) is 0 Å². The van der Waals surface area contributed by atoms with Gasteiger partial charge in [-0.2, -0.15) is 0 Å². The lowest BCUT2D eigenvalue weighted by Crippen LogP contribution is -1.87. The van der Waals surface area contributed by atoms with E-state index in [1.54, 1.807) is 6.20 Å². The predicted molar refractivity (Wildman–Crippen MR) is 65.6 cm³/mol. The van der Waals surface area contributed by atoms with Gasteiger partial charge in [0.1, 0.15) is 0 Å². The predicted octanol–water partition coefficient (Wildman–Crippen LogP) is 3.65. The van der Waals surface area contributed by atoms with Gasteiger partial charge in [-0.25, -0.2) is 4.98 Å². The van der Waals surface area contributed by atoms with Gasteiger partial charge in [-0.1, -0.05) is 41.9 Å². The van der Waals surface area contributed by atoms with Gasteiger partial charge in [0.15, 0.2) is 5.65 Å². The number of rotatable bonds is 1. The van der Waals surface area contributed by atoms with E-state index in [9.17, 15) is 0 Å². The molecule has 0 atom stereocenters. The molecule has 0 saturated carbocycles. The number of imidazole rings is 1.